The van der Waals surface area contributed by atoms with Gasteiger partial charge in [0, 0.05) is 18.0 Å². The summed E-state index contributed by atoms with van der Waals surface area (Å²) in [6.07, 6.45) is 3.38. The number of aliphatic hydroxyl groups excluding tert-OH is 1. The number of hydrogen-bond donors (Lipinski definition) is 1. The molecule has 1 aromatic heterocycles. The third kappa shape index (κ3) is 1.64. The summed E-state index contributed by atoms with van der Waals surface area (Å²) in [5.41, 5.74) is 0.922. The summed E-state index contributed by atoms with van der Waals surface area (Å²) in [5, 5.41) is 9.12. The topological polar surface area (TPSA) is 38.0 Å². The lowest BCUT2D eigenvalue weighted by Gasteiger charge is -2.10. The molecule has 0 unspecified atom stereocenters. The Bertz CT molecular complexity index is 479. The van der Waals surface area contributed by atoms with Crippen LogP contribution in [0.5, 0.6) is 0 Å². The second-order valence-electron chi connectivity index (χ2n) is 3.24. The molecule has 78 valence electrons. The Morgan fingerprint density at radius 3 is 2.87 bits per heavy atom. The van der Waals surface area contributed by atoms with Crippen LogP contribution < -0.4 is 0 Å². The summed E-state index contributed by atoms with van der Waals surface area (Å²) < 4.78 is 15.1. The molecule has 0 aliphatic carbocycles. The number of halogens is 1. The highest BCUT2D eigenvalue weighted by Gasteiger charge is 2.09. The summed E-state index contributed by atoms with van der Waals surface area (Å²) in [4.78, 5) is 4.06. The Kier molecular flexibility index (Phi) is 2.51. The van der Waals surface area contributed by atoms with Crippen LogP contribution >= 0.6 is 0 Å². The average molecular weight is 206 g/mol. The van der Waals surface area contributed by atoms with Gasteiger partial charge in [-0.15, -0.1) is 0 Å². The molecular formula is C11H11FN2O. The third-order valence-electron chi connectivity index (χ3n) is 2.34. The minimum Gasteiger partial charge on any atom is -0.391 e. The SMILES string of the molecule is Cc1nccn1-c1cccc(F)c1CO. The Morgan fingerprint density at radius 2 is 2.27 bits per heavy atom. The highest BCUT2D eigenvalue weighted by molar-refractivity contribution is 5.42. The lowest BCUT2D eigenvalue weighted by Crippen LogP contribution is -2.03. The van der Waals surface area contributed by atoms with E-state index in [1.165, 1.54) is 6.07 Å². The van der Waals surface area contributed by atoms with E-state index in [4.69, 9.17) is 5.11 Å². The molecule has 2 aromatic rings. The molecule has 4 heteroatoms. The van der Waals surface area contributed by atoms with E-state index in [2.05, 4.69) is 4.98 Å². The van der Waals surface area contributed by atoms with E-state index in [1.54, 1.807) is 29.1 Å². The maximum Gasteiger partial charge on any atom is 0.130 e. The van der Waals surface area contributed by atoms with Gasteiger partial charge in [0.1, 0.15) is 11.6 Å². The number of aromatic nitrogens is 2. The predicted molar refractivity (Wildman–Crippen MR) is 54.2 cm³/mol. The van der Waals surface area contributed by atoms with Crippen molar-refractivity contribution >= 4 is 0 Å². The van der Waals surface area contributed by atoms with Crippen molar-refractivity contribution in [3.8, 4) is 5.69 Å². The van der Waals surface area contributed by atoms with Crippen LogP contribution in [0.2, 0.25) is 0 Å². The van der Waals surface area contributed by atoms with Gasteiger partial charge >= 0.3 is 0 Å². The van der Waals surface area contributed by atoms with Crippen LogP contribution in [0.4, 0.5) is 4.39 Å². The first kappa shape index (κ1) is 9.86. The maximum absolute atomic E-state index is 13.4. The molecule has 0 atom stereocenters. The fourth-order valence-corrected chi connectivity index (χ4v) is 1.56. The number of hydrogen-bond acceptors (Lipinski definition) is 2. The summed E-state index contributed by atoms with van der Waals surface area (Å²) in [7, 11) is 0. The molecule has 0 spiro atoms. The first-order valence-corrected chi connectivity index (χ1v) is 4.62. The van der Waals surface area contributed by atoms with Gasteiger partial charge in [-0.1, -0.05) is 6.07 Å². The second kappa shape index (κ2) is 3.82. The Balaban J connectivity index is 2.63. The smallest absolute Gasteiger partial charge is 0.130 e. The van der Waals surface area contributed by atoms with Crippen molar-refractivity contribution < 1.29 is 9.50 Å². The van der Waals surface area contributed by atoms with Crippen LogP contribution in [-0.2, 0) is 6.61 Å². The van der Waals surface area contributed by atoms with Gasteiger partial charge in [-0.2, -0.15) is 0 Å². The lowest BCUT2D eigenvalue weighted by atomic mass is 10.1. The van der Waals surface area contributed by atoms with Gasteiger partial charge in [-0.25, -0.2) is 9.37 Å². The van der Waals surface area contributed by atoms with Gasteiger partial charge in [-0.05, 0) is 19.1 Å². The van der Waals surface area contributed by atoms with Crippen molar-refractivity contribution in [2.24, 2.45) is 0 Å². The van der Waals surface area contributed by atoms with E-state index < -0.39 is 5.82 Å². The van der Waals surface area contributed by atoms with Crippen LogP contribution in [0.25, 0.3) is 5.69 Å². The largest absolute Gasteiger partial charge is 0.391 e. The molecule has 0 saturated carbocycles. The summed E-state index contributed by atoms with van der Waals surface area (Å²) in [5.74, 6) is 0.360. The van der Waals surface area contributed by atoms with Crippen molar-refractivity contribution in [2.75, 3.05) is 0 Å². The van der Waals surface area contributed by atoms with Crippen LogP contribution in [-0.4, -0.2) is 14.7 Å². The van der Waals surface area contributed by atoms with Gasteiger partial charge < -0.3 is 9.67 Å². The van der Waals surface area contributed by atoms with E-state index >= 15 is 0 Å². The van der Waals surface area contributed by atoms with Crippen LogP contribution in [0.1, 0.15) is 11.4 Å². The molecule has 1 aromatic carbocycles. The Labute approximate surface area is 86.8 Å². The molecular weight excluding hydrogens is 195 g/mol. The van der Waals surface area contributed by atoms with E-state index in [1.807, 2.05) is 6.92 Å². The molecule has 1 heterocycles. The summed E-state index contributed by atoms with van der Waals surface area (Å²) in [6.45, 7) is 1.51. The van der Waals surface area contributed by atoms with Gasteiger partial charge in [0.05, 0.1) is 12.3 Å². The quantitative estimate of drug-likeness (QED) is 0.813. The summed E-state index contributed by atoms with van der Waals surface area (Å²) in [6, 6.07) is 4.70. The maximum atomic E-state index is 13.4. The molecule has 0 saturated heterocycles. The first-order chi connectivity index (χ1) is 7.24. The van der Waals surface area contributed by atoms with Crippen molar-refractivity contribution in [3.63, 3.8) is 0 Å². The first-order valence-electron chi connectivity index (χ1n) is 4.62. The normalized spacial score (nSPS) is 10.6. The fraction of sp³-hybridized carbons (Fsp3) is 0.182. The number of imidazole rings is 1. The van der Waals surface area contributed by atoms with Gasteiger partial charge in [0.25, 0.3) is 0 Å². The van der Waals surface area contributed by atoms with Gasteiger partial charge in [-0.3, -0.25) is 0 Å². The molecule has 15 heavy (non-hydrogen) atoms. The van der Waals surface area contributed by atoms with Crippen LogP contribution in [0.15, 0.2) is 30.6 Å². The van der Waals surface area contributed by atoms with Crippen molar-refractivity contribution in [3.05, 3.63) is 47.8 Å². The number of benzene rings is 1. The van der Waals surface area contributed by atoms with E-state index in [0.29, 0.717) is 11.3 Å². The zero-order valence-electron chi connectivity index (χ0n) is 8.31. The summed E-state index contributed by atoms with van der Waals surface area (Å²) >= 11 is 0. The Morgan fingerprint density at radius 1 is 1.47 bits per heavy atom. The molecule has 0 fully saturated rings. The lowest BCUT2D eigenvalue weighted by molar-refractivity contribution is 0.275. The van der Waals surface area contributed by atoms with Crippen LogP contribution in [0.3, 0.4) is 0 Å². The van der Waals surface area contributed by atoms with E-state index in [-0.39, 0.29) is 6.61 Å². The monoisotopic (exact) mass is 206 g/mol. The molecule has 0 amide bonds. The minimum atomic E-state index is -0.400. The molecule has 3 nitrogen and oxygen atoms in total. The number of aliphatic hydroxyl groups is 1. The van der Waals surface area contributed by atoms with Crippen molar-refractivity contribution in [1.29, 1.82) is 0 Å². The second-order valence-corrected chi connectivity index (χ2v) is 3.24. The zero-order valence-corrected chi connectivity index (χ0v) is 8.31. The highest BCUT2D eigenvalue weighted by atomic mass is 19.1. The van der Waals surface area contributed by atoms with E-state index in [9.17, 15) is 4.39 Å². The van der Waals surface area contributed by atoms with Crippen molar-refractivity contribution in [2.45, 2.75) is 13.5 Å². The zero-order chi connectivity index (χ0) is 10.8. The number of rotatable bonds is 2. The molecule has 0 aliphatic heterocycles. The third-order valence-corrected chi connectivity index (χ3v) is 2.34. The van der Waals surface area contributed by atoms with E-state index in [0.717, 1.165) is 5.82 Å². The Hall–Kier alpha value is -1.68. The fourth-order valence-electron chi connectivity index (χ4n) is 1.56. The predicted octanol–water partition coefficient (Wildman–Crippen LogP) is 1.81. The van der Waals surface area contributed by atoms with Gasteiger partial charge in [0.2, 0.25) is 0 Å². The number of nitrogens with zero attached hydrogens (tertiary/aromatic N) is 2. The molecule has 0 aliphatic rings. The standard InChI is InChI=1S/C11H11FN2O/c1-8-13-5-6-14(8)11-4-2-3-10(12)9(11)7-15/h2-6,15H,7H2,1H3. The average Bonchev–Trinajstić information content (AvgIpc) is 2.64. The molecule has 0 radical (unpaired) electrons. The number of aryl methyl sites for hydroxylation is 1. The molecule has 0 bridgehead atoms. The van der Waals surface area contributed by atoms with Gasteiger partial charge in [0.15, 0.2) is 0 Å². The minimum absolute atomic E-state index is 0.290. The molecule has 1 N–H and O–H groups in total. The van der Waals surface area contributed by atoms with Crippen LogP contribution in [0, 0.1) is 12.7 Å². The highest BCUT2D eigenvalue weighted by Crippen LogP contribution is 2.19. The molecule has 2 rings (SSSR count). The van der Waals surface area contributed by atoms with Crippen molar-refractivity contribution in [1.82, 2.24) is 9.55 Å².